The van der Waals surface area contributed by atoms with E-state index in [4.69, 9.17) is 18.9 Å². The summed E-state index contributed by atoms with van der Waals surface area (Å²) in [5.74, 6) is 0.848. The predicted octanol–water partition coefficient (Wildman–Crippen LogP) is 7.47. The van der Waals surface area contributed by atoms with Gasteiger partial charge < -0.3 is 33.9 Å². The van der Waals surface area contributed by atoms with Crippen LogP contribution in [0.3, 0.4) is 0 Å². The summed E-state index contributed by atoms with van der Waals surface area (Å²) >= 11 is 0. The van der Waals surface area contributed by atoms with E-state index in [1.165, 1.54) is 16.7 Å². The normalized spacial score (nSPS) is 12.3. The van der Waals surface area contributed by atoms with E-state index in [9.17, 15) is 14.4 Å². The molecule has 6 rings (SSSR count). The molecule has 0 unspecified atom stereocenters. The minimum absolute atomic E-state index is 0.0307. The van der Waals surface area contributed by atoms with E-state index in [1.807, 2.05) is 48.5 Å². The van der Waals surface area contributed by atoms with E-state index in [2.05, 4.69) is 17.1 Å². The van der Waals surface area contributed by atoms with E-state index >= 15 is 0 Å². The van der Waals surface area contributed by atoms with Crippen LogP contribution in [0.1, 0.15) is 22.3 Å². The van der Waals surface area contributed by atoms with Crippen LogP contribution in [-0.2, 0) is 24.5 Å². The fourth-order valence-electron chi connectivity index (χ4n) is 5.15. The first-order valence-corrected chi connectivity index (χ1v) is 13.5. The molecule has 0 spiro atoms. The van der Waals surface area contributed by atoms with E-state index in [0.717, 1.165) is 11.1 Å². The lowest BCUT2D eigenvalue weighted by molar-refractivity contribution is -0.0173. The highest BCUT2D eigenvalue weighted by Gasteiger charge is 2.22. The van der Waals surface area contributed by atoms with E-state index in [0.29, 0.717) is 57.3 Å². The summed E-state index contributed by atoms with van der Waals surface area (Å²) in [6.07, 6.45) is 0. The number of nitrogens with one attached hydrogen (secondary N) is 1. The van der Waals surface area contributed by atoms with Crippen molar-refractivity contribution in [1.82, 2.24) is 4.57 Å². The summed E-state index contributed by atoms with van der Waals surface area (Å²) in [5.41, 5.74) is 4.47. The highest BCUT2D eigenvalue weighted by molar-refractivity contribution is 5.97. The van der Waals surface area contributed by atoms with E-state index < -0.39 is 5.82 Å². The molecule has 5 aromatic rings. The van der Waals surface area contributed by atoms with Gasteiger partial charge in [-0.05, 0) is 59.3 Å². The Balaban J connectivity index is 1.29. The molecule has 0 aliphatic carbocycles. The summed E-state index contributed by atoms with van der Waals surface area (Å²) in [6, 6.07) is 23.2. The Bertz CT molecular complexity index is 1840. The van der Waals surface area contributed by atoms with Crippen LogP contribution in [0.5, 0.6) is 23.1 Å². The van der Waals surface area contributed by atoms with E-state index in [1.54, 1.807) is 25.3 Å². The van der Waals surface area contributed by atoms with Crippen LogP contribution in [0.25, 0.3) is 16.6 Å². The zero-order chi connectivity index (χ0) is 29.9. The third-order valence-electron chi connectivity index (χ3n) is 7.23. The maximum Gasteiger partial charge on any atom is 0.222 e. The van der Waals surface area contributed by atoms with Gasteiger partial charge >= 0.3 is 0 Å². The second kappa shape index (κ2) is 11.9. The van der Waals surface area contributed by atoms with Crippen molar-refractivity contribution in [3.8, 4) is 23.1 Å². The number of aromatic nitrogens is 1. The molecule has 0 saturated heterocycles. The molecule has 0 bridgehead atoms. The Morgan fingerprint density at radius 3 is 2.72 bits per heavy atom. The highest BCUT2D eigenvalue weighted by Crippen LogP contribution is 2.42. The van der Waals surface area contributed by atoms with Crippen LogP contribution in [0.2, 0.25) is 0 Å². The standard InChI is InChI=1S/C33H28FN3O6/c1-20(22-8-11-29(40-2)30(14-22)42-17-21-6-4-3-5-7-21)35-26-9-10-27-28(15-26)37(33(38)31(27)36-39)16-23-12-25(34)13-24-18-41-19-43-32(23)24/h3-15,35,38H,1,16-19H2,2H3. The molecule has 0 amide bonds. The molecule has 43 heavy (non-hydrogen) atoms. The predicted molar refractivity (Wildman–Crippen MR) is 161 cm³/mol. The fraction of sp³-hybridized carbons (Fsp3) is 0.152. The summed E-state index contributed by atoms with van der Waals surface area (Å²) in [5, 5.41) is 17.8. The minimum Gasteiger partial charge on any atom is -0.493 e. The molecule has 4 aromatic carbocycles. The molecule has 1 aliphatic rings. The van der Waals surface area contributed by atoms with Crippen LogP contribution in [0.4, 0.5) is 15.8 Å². The number of methoxy groups -OCH3 is 1. The SMILES string of the molecule is C=C(Nc1ccc2c(N=O)c(O)n(Cc3cc(F)cc4c3OCOC4)c2c1)c1ccc(OC)c(OCc2ccccc2)c1. The maximum atomic E-state index is 14.4. The van der Waals surface area contributed by atoms with Crippen LogP contribution in [0.15, 0.2) is 90.6 Å². The number of halogens is 1. The molecule has 2 N–H and O–H groups in total. The Kier molecular flexibility index (Phi) is 7.67. The topological polar surface area (TPSA) is 104 Å². The zero-order valence-corrected chi connectivity index (χ0v) is 23.3. The molecule has 9 nitrogen and oxygen atoms in total. The molecule has 0 radical (unpaired) electrons. The van der Waals surface area contributed by atoms with Gasteiger partial charge in [0, 0.05) is 33.5 Å². The fourth-order valence-corrected chi connectivity index (χ4v) is 5.15. The zero-order valence-electron chi connectivity index (χ0n) is 23.3. The number of nitroso groups, excluding NO2 is 1. The monoisotopic (exact) mass is 581 g/mol. The van der Waals surface area contributed by atoms with Gasteiger partial charge in [-0.25, -0.2) is 4.39 Å². The van der Waals surface area contributed by atoms with Crippen LogP contribution < -0.4 is 19.5 Å². The third kappa shape index (κ3) is 5.60. The lowest BCUT2D eigenvalue weighted by atomic mass is 10.1. The lowest BCUT2D eigenvalue weighted by Crippen LogP contribution is -2.14. The number of hydrogen-bond donors (Lipinski definition) is 2. The Hall–Kier alpha value is -5.35. The van der Waals surface area contributed by atoms with Crippen molar-refractivity contribution < 1.29 is 28.4 Å². The largest absolute Gasteiger partial charge is 0.493 e. The molecule has 218 valence electrons. The van der Waals surface area contributed by atoms with Crippen molar-refractivity contribution in [2.24, 2.45) is 5.18 Å². The van der Waals surface area contributed by atoms with Crippen LogP contribution in [-0.4, -0.2) is 23.6 Å². The van der Waals surface area contributed by atoms with Gasteiger partial charge in [0.1, 0.15) is 18.2 Å². The van der Waals surface area contributed by atoms with Crippen molar-refractivity contribution in [3.63, 3.8) is 0 Å². The number of ether oxygens (including phenoxy) is 4. The number of hydrogen-bond acceptors (Lipinski definition) is 8. The van der Waals surface area contributed by atoms with Crippen molar-refractivity contribution in [2.75, 3.05) is 19.2 Å². The molecule has 0 atom stereocenters. The molecule has 2 heterocycles. The second-order valence-corrected chi connectivity index (χ2v) is 9.99. The van der Waals surface area contributed by atoms with E-state index in [-0.39, 0.29) is 31.5 Å². The molecular weight excluding hydrogens is 553 g/mol. The Morgan fingerprint density at radius 1 is 1.09 bits per heavy atom. The van der Waals surface area contributed by atoms with Gasteiger partial charge in [0.05, 0.1) is 25.8 Å². The first-order chi connectivity index (χ1) is 20.9. The average Bonchev–Trinajstić information content (AvgIpc) is 3.29. The number of aromatic hydroxyl groups is 1. The van der Waals surface area contributed by atoms with Gasteiger partial charge in [-0.3, -0.25) is 0 Å². The third-order valence-corrected chi connectivity index (χ3v) is 7.23. The Labute approximate surface area is 246 Å². The molecule has 10 heteroatoms. The molecular formula is C33H28FN3O6. The summed E-state index contributed by atoms with van der Waals surface area (Å²) < 4.78 is 38.4. The van der Waals surface area contributed by atoms with Gasteiger partial charge in [-0.15, -0.1) is 4.91 Å². The Morgan fingerprint density at radius 2 is 1.93 bits per heavy atom. The van der Waals surface area contributed by atoms with Gasteiger partial charge in [-0.1, -0.05) is 36.9 Å². The number of rotatable bonds is 10. The van der Waals surface area contributed by atoms with Crippen LogP contribution >= 0.6 is 0 Å². The first-order valence-electron chi connectivity index (χ1n) is 13.5. The van der Waals surface area contributed by atoms with Crippen LogP contribution in [0, 0.1) is 10.7 Å². The lowest BCUT2D eigenvalue weighted by Gasteiger charge is -2.21. The molecule has 1 aromatic heterocycles. The number of fused-ring (bicyclic) bond motifs is 2. The molecule has 0 saturated carbocycles. The maximum absolute atomic E-state index is 14.4. The second-order valence-electron chi connectivity index (χ2n) is 9.99. The highest BCUT2D eigenvalue weighted by atomic mass is 19.1. The van der Waals surface area contributed by atoms with Gasteiger partial charge in [0.2, 0.25) is 5.88 Å². The summed E-state index contributed by atoms with van der Waals surface area (Å²) in [4.78, 5) is 11.7. The van der Waals surface area contributed by atoms with Gasteiger partial charge in [-0.2, -0.15) is 0 Å². The van der Waals surface area contributed by atoms with Crippen molar-refractivity contribution in [1.29, 1.82) is 0 Å². The first kappa shape index (κ1) is 27.8. The smallest absolute Gasteiger partial charge is 0.222 e. The number of anilines is 1. The van der Waals surface area contributed by atoms with Gasteiger partial charge in [0.15, 0.2) is 24.0 Å². The summed E-state index contributed by atoms with van der Waals surface area (Å²) in [7, 11) is 1.58. The van der Waals surface area contributed by atoms with Gasteiger partial charge in [0.25, 0.3) is 0 Å². The molecule has 1 aliphatic heterocycles. The number of nitrogens with zero attached hydrogens (tertiary/aromatic N) is 2. The van der Waals surface area contributed by atoms with Crippen molar-refractivity contribution in [2.45, 2.75) is 19.8 Å². The van der Waals surface area contributed by atoms with Crippen molar-refractivity contribution >= 4 is 28.0 Å². The molecule has 0 fully saturated rings. The minimum atomic E-state index is -0.460. The quantitative estimate of drug-likeness (QED) is 0.165. The summed E-state index contributed by atoms with van der Waals surface area (Å²) in [6.45, 7) is 4.85. The number of benzene rings is 4. The van der Waals surface area contributed by atoms with Crippen molar-refractivity contribution in [3.05, 3.63) is 118 Å². The average molecular weight is 582 g/mol.